The zero-order valence-electron chi connectivity index (χ0n) is 12.3. The van der Waals surface area contributed by atoms with Gasteiger partial charge in [0.25, 0.3) is 0 Å². The van der Waals surface area contributed by atoms with Gasteiger partial charge < -0.3 is 15.1 Å². The molecule has 2 amide bonds. The van der Waals surface area contributed by atoms with Crippen LogP contribution in [0, 0.1) is 0 Å². The Bertz CT molecular complexity index is 554. The third kappa shape index (κ3) is 5.54. The molecule has 0 spiro atoms. The summed E-state index contributed by atoms with van der Waals surface area (Å²) < 4.78 is 30.8. The van der Waals surface area contributed by atoms with Crippen LogP contribution in [0.2, 0.25) is 0 Å². The molecule has 0 radical (unpaired) electrons. The molecule has 1 fully saturated rings. The Kier molecular flexibility index (Phi) is 6.59. The van der Waals surface area contributed by atoms with Crippen LogP contribution >= 0.6 is 11.8 Å². The molecule has 2 N–H and O–H groups in total. The summed E-state index contributed by atoms with van der Waals surface area (Å²) in [6.07, 6.45) is 2.18. The number of hydrogen-bond donors (Lipinski definition) is 2. The number of furan rings is 1. The van der Waals surface area contributed by atoms with Crippen LogP contribution in [0.4, 0.5) is 4.79 Å². The van der Waals surface area contributed by atoms with Gasteiger partial charge >= 0.3 is 6.03 Å². The summed E-state index contributed by atoms with van der Waals surface area (Å²) in [6.45, 7) is 1.67. The highest BCUT2D eigenvalue weighted by Gasteiger charge is 2.23. The van der Waals surface area contributed by atoms with E-state index >= 15 is 0 Å². The van der Waals surface area contributed by atoms with Crippen molar-refractivity contribution in [3.63, 3.8) is 0 Å². The number of hydrogen-bond acceptors (Lipinski definition) is 5. The first kappa shape index (κ1) is 17.2. The van der Waals surface area contributed by atoms with Crippen molar-refractivity contribution in [3.05, 3.63) is 24.2 Å². The van der Waals surface area contributed by atoms with E-state index in [1.54, 1.807) is 24.1 Å². The molecule has 1 saturated heterocycles. The van der Waals surface area contributed by atoms with E-state index in [9.17, 15) is 13.2 Å². The van der Waals surface area contributed by atoms with Gasteiger partial charge in [-0.25, -0.2) is 17.5 Å². The Balaban J connectivity index is 1.61. The van der Waals surface area contributed by atoms with E-state index in [1.165, 1.54) is 4.31 Å². The van der Waals surface area contributed by atoms with Crippen molar-refractivity contribution in [3.8, 4) is 0 Å². The van der Waals surface area contributed by atoms with E-state index in [0.29, 0.717) is 26.1 Å². The van der Waals surface area contributed by atoms with Crippen LogP contribution in [0.15, 0.2) is 22.8 Å². The molecule has 0 saturated carbocycles. The standard InChI is InChI=1S/C13H21N3O4S2/c17-13(14-4-3-12-2-1-8-20-12)15-5-11-22(18,19)16-6-9-21-10-7-16/h1-2,8H,3-7,9-11H2,(H2,14,15,17). The lowest BCUT2D eigenvalue weighted by Crippen LogP contribution is -2.43. The number of urea groups is 1. The highest BCUT2D eigenvalue weighted by molar-refractivity contribution is 7.99. The van der Waals surface area contributed by atoms with Crippen molar-refractivity contribution < 1.29 is 17.6 Å². The number of nitrogens with one attached hydrogen (secondary N) is 2. The third-order valence-corrected chi connectivity index (χ3v) is 6.06. The normalized spacial score (nSPS) is 16.4. The van der Waals surface area contributed by atoms with E-state index < -0.39 is 10.0 Å². The van der Waals surface area contributed by atoms with Gasteiger partial charge in [0.15, 0.2) is 0 Å². The highest BCUT2D eigenvalue weighted by atomic mass is 32.2. The Morgan fingerprint density at radius 2 is 2.00 bits per heavy atom. The first-order valence-electron chi connectivity index (χ1n) is 7.17. The molecule has 0 bridgehead atoms. The van der Waals surface area contributed by atoms with Gasteiger partial charge in [-0.3, -0.25) is 0 Å². The fraction of sp³-hybridized carbons (Fsp3) is 0.615. The molecule has 7 nitrogen and oxygen atoms in total. The summed E-state index contributed by atoms with van der Waals surface area (Å²) in [5.41, 5.74) is 0. The van der Waals surface area contributed by atoms with Crippen LogP contribution in [0.25, 0.3) is 0 Å². The lowest BCUT2D eigenvalue weighted by atomic mass is 10.3. The lowest BCUT2D eigenvalue weighted by molar-refractivity contribution is 0.241. The zero-order chi connectivity index (χ0) is 15.8. The van der Waals surface area contributed by atoms with E-state index in [1.807, 2.05) is 6.07 Å². The second-order valence-electron chi connectivity index (χ2n) is 4.84. The summed E-state index contributed by atoms with van der Waals surface area (Å²) in [5, 5.41) is 5.23. The van der Waals surface area contributed by atoms with Crippen LogP contribution in [-0.2, 0) is 16.4 Å². The van der Waals surface area contributed by atoms with Crippen molar-refractivity contribution >= 4 is 27.8 Å². The molecule has 2 rings (SSSR count). The average Bonchev–Trinajstić information content (AvgIpc) is 3.01. The van der Waals surface area contributed by atoms with Crippen molar-refractivity contribution in [1.82, 2.24) is 14.9 Å². The molecule has 1 aliphatic rings. The second-order valence-corrected chi connectivity index (χ2v) is 8.15. The van der Waals surface area contributed by atoms with Gasteiger partial charge in [0.05, 0.1) is 12.0 Å². The minimum atomic E-state index is -3.27. The summed E-state index contributed by atoms with van der Waals surface area (Å²) in [6, 6.07) is 3.26. The maximum atomic E-state index is 12.1. The first-order valence-corrected chi connectivity index (χ1v) is 9.94. The third-order valence-electron chi connectivity index (χ3n) is 3.25. The van der Waals surface area contributed by atoms with E-state index in [4.69, 9.17) is 4.42 Å². The van der Waals surface area contributed by atoms with Gasteiger partial charge in [0.1, 0.15) is 5.76 Å². The summed E-state index contributed by atoms with van der Waals surface area (Å²) >= 11 is 1.76. The van der Waals surface area contributed by atoms with Crippen molar-refractivity contribution in [2.24, 2.45) is 0 Å². The molecule has 0 unspecified atom stereocenters. The number of sulfonamides is 1. The quantitative estimate of drug-likeness (QED) is 0.749. The van der Waals surface area contributed by atoms with Crippen LogP contribution < -0.4 is 10.6 Å². The molecule has 2 heterocycles. The summed E-state index contributed by atoms with van der Waals surface area (Å²) in [4.78, 5) is 11.6. The summed E-state index contributed by atoms with van der Waals surface area (Å²) in [7, 11) is -3.27. The number of carbonyl (C=O) groups excluding carboxylic acids is 1. The fourth-order valence-corrected chi connectivity index (χ4v) is 4.56. The molecule has 0 aromatic carbocycles. The van der Waals surface area contributed by atoms with Crippen LogP contribution in [0.1, 0.15) is 5.76 Å². The van der Waals surface area contributed by atoms with Crippen LogP contribution in [0.3, 0.4) is 0 Å². The van der Waals surface area contributed by atoms with Crippen molar-refractivity contribution in [2.75, 3.05) is 43.4 Å². The highest BCUT2D eigenvalue weighted by Crippen LogP contribution is 2.12. The molecular formula is C13H21N3O4S2. The van der Waals surface area contributed by atoms with E-state index in [-0.39, 0.29) is 18.3 Å². The monoisotopic (exact) mass is 347 g/mol. The predicted molar refractivity (Wildman–Crippen MR) is 86.5 cm³/mol. The number of rotatable bonds is 7. The van der Waals surface area contributed by atoms with Gasteiger partial charge in [-0.2, -0.15) is 11.8 Å². The first-order chi connectivity index (χ1) is 10.6. The number of thioether (sulfide) groups is 1. The average molecular weight is 347 g/mol. The Hall–Kier alpha value is -1.19. The number of nitrogens with zero attached hydrogens (tertiary/aromatic N) is 1. The Morgan fingerprint density at radius 1 is 1.27 bits per heavy atom. The van der Waals surface area contributed by atoms with E-state index in [0.717, 1.165) is 17.3 Å². The molecule has 22 heavy (non-hydrogen) atoms. The molecule has 124 valence electrons. The Morgan fingerprint density at radius 3 is 2.68 bits per heavy atom. The van der Waals surface area contributed by atoms with Crippen molar-refractivity contribution in [2.45, 2.75) is 6.42 Å². The number of amides is 2. The topological polar surface area (TPSA) is 91.6 Å². The maximum Gasteiger partial charge on any atom is 0.314 e. The van der Waals surface area contributed by atoms with Gasteiger partial charge in [-0.05, 0) is 12.1 Å². The van der Waals surface area contributed by atoms with Gasteiger partial charge in [0.2, 0.25) is 10.0 Å². The van der Waals surface area contributed by atoms with Crippen LogP contribution in [-0.4, -0.2) is 62.2 Å². The van der Waals surface area contributed by atoms with Gasteiger partial charge in [-0.15, -0.1) is 0 Å². The SMILES string of the molecule is O=C(NCCc1ccco1)NCCS(=O)(=O)N1CCSCC1. The molecule has 0 aliphatic carbocycles. The van der Waals surface area contributed by atoms with Gasteiger partial charge in [-0.1, -0.05) is 0 Å². The fourth-order valence-electron chi connectivity index (χ4n) is 2.06. The molecular weight excluding hydrogens is 326 g/mol. The smallest absolute Gasteiger partial charge is 0.314 e. The Labute approximate surface area is 134 Å². The molecule has 1 aliphatic heterocycles. The lowest BCUT2D eigenvalue weighted by Gasteiger charge is -2.25. The maximum absolute atomic E-state index is 12.1. The van der Waals surface area contributed by atoms with E-state index in [2.05, 4.69) is 10.6 Å². The minimum absolute atomic E-state index is 0.0662. The molecule has 1 aromatic rings. The molecule has 0 atom stereocenters. The van der Waals surface area contributed by atoms with Crippen molar-refractivity contribution in [1.29, 1.82) is 0 Å². The largest absolute Gasteiger partial charge is 0.469 e. The summed E-state index contributed by atoms with van der Waals surface area (Å²) in [5.74, 6) is 2.40. The van der Waals surface area contributed by atoms with Crippen LogP contribution in [0.5, 0.6) is 0 Å². The molecule has 9 heteroatoms. The zero-order valence-corrected chi connectivity index (χ0v) is 13.9. The molecule has 1 aromatic heterocycles. The van der Waals surface area contributed by atoms with Gasteiger partial charge in [0, 0.05) is 44.1 Å². The second kappa shape index (κ2) is 8.44. The minimum Gasteiger partial charge on any atom is -0.469 e. The number of carbonyl (C=O) groups is 1. The predicted octanol–water partition coefficient (Wildman–Crippen LogP) is 0.500.